The number of nitrogens with zero attached hydrogens (tertiary/aromatic N) is 1. The van der Waals surface area contributed by atoms with E-state index in [0.717, 1.165) is 11.3 Å². The molecule has 0 spiro atoms. The molecule has 1 N–H and O–H groups in total. The molecule has 0 saturated carbocycles. The van der Waals surface area contributed by atoms with Crippen molar-refractivity contribution in [1.82, 2.24) is 5.43 Å². The van der Waals surface area contributed by atoms with Crippen molar-refractivity contribution in [2.75, 3.05) is 0 Å². The lowest BCUT2D eigenvalue weighted by Crippen LogP contribution is -2.17. The summed E-state index contributed by atoms with van der Waals surface area (Å²) in [5.74, 6) is -0.0448. The summed E-state index contributed by atoms with van der Waals surface area (Å²) >= 11 is 0. The van der Waals surface area contributed by atoms with Gasteiger partial charge in [0.25, 0.3) is 5.91 Å². The van der Waals surface area contributed by atoms with E-state index in [1.807, 2.05) is 38.1 Å². The predicted octanol–water partition coefficient (Wildman–Crippen LogP) is 3.38. The summed E-state index contributed by atoms with van der Waals surface area (Å²) in [6, 6.07) is 12.6. The van der Waals surface area contributed by atoms with Crippen molar-refractivity contribution in [1.29, 1.82) is 0 Å². The molecule has 0 atom stereocenters. The summed E-state index contributed by atoms with van der Waals surface area (Å²) in [5, 5.41) is 3.89. The Morgan fingerprint density at radius 1 is 1.23 bits per heavy atom. The smallest absolute Gasteiger partial charge is 0.271 e. The Bertz CT molecular complexity index is 667. The molecule has 0 fully saturated rings. The first-order chi connectivity index (χ1) is 10.5. The highest BCUT2D eigenvalue weighted by molar-refractivity contribution is 5.94. The van der Waals surface area contributed by atoms with Crippen molar-refractivity contribution in [2.45, 2.75) is 20.0 Å². The van der Waals surface area contributed by atoms with Gasteiger partial charge in [-0.2, -0.15) is 5.10 Å². The zero-order chi connectivity index (χ0) is 15.9. The third kappa shape index (κ3) is 4.70. The van der Waals surface area contributed by atoms with E-state index in [0.29, 0.717) is 5.56 Å². The lowest BCUT2D eigenvalue weighted by molar-refractivity contribution is 0.0955. The largest absolute Gasteiger partial charge is 0.491 e. The predicted molar refractivity (Wildman–Crippen MR) is 83.7 cm³/mol. The molecule has 4 nitrogen and oxygen atoms in total. The first kappa shape index (κ1) is 15.7. The van der Waals surface area contributed by atoms with E-state index in [9.17, 15) is 9.18 Å². The van der Waals surface area contributed by atoms with Crippen molar-refractivity contribution in [3.63, 3.8) is 0 Å². The Morgan fingerprint density at radius 2 is 1.95 bits per heavy atom. The quantitative estimate of drug-likeness (QED) is 0.680. The maximum Gasteiger partial charge on any atom is 0.271 e. The second-order valence-electron chi connectivity index (χ2n) is 4.95. The standard InChI is InChI=1S/C17H17FN2O2/c1-12(2)22-16-5-3-4-13(10-16)11-19-20-17(21)14-6-8-15(18)9-7-14/h3-12H,1-2H3,(H,20,21)/b19-11-. The third-order valence-electron chi connectivity index (χ3n) is 2.72. The molecule has 0 aromatic heterocycles. The van der Waals surface area contributed by atoms with Gasteiger partial charge in [0.1, 0.15) is 11.6 Å². The van der Waals surface area contributed by atoms with Crippen molar-refractivity contribution >= 4 is 12.1 Å². The number of amides is 1. The molecule has 2 aromatic carbocycles. The number of hydrogen-bond acceptors (Lipinski definition) is 3. The topological polar surface area (TPSA) is 50.7 Å². The normalized spacial score (nSPS) is 10.9. The van der Waals surface area contributed by atoms with Gasteiger partial charge in [-0.25, -0.2) is 9.82 Å². The number of hydrazone groups is 1. The Labute approximate surface area is 128 Å². The molecule has 114 valence electrons. The number of hydrogen-bond donors (Lipinski definition) is 1. The van der Waals surface area contributed by atoms with Gasteiger partial charge in [-0.1, -0.05) is 12.1 Å². The van der Waals surface area contributed by atoms with Crippen LogP contribution in [0.4, 0.5) is 4.39 Å². The second kappa shape index (κ2) is 7.36. The first-order valence-electron chi connectivity index (χ1n) is 6.90. The summed E-state index contributed by atoms with van der Waals surface area (Å²) in [6.45, 7) is 3.90. The van der Waals surface area contributed by atoms with Crippen molar-refractivity contribution < 1.29 is 13.9 Å². The lowest BCUT2D eigenvalue weighted by Gasteiger charge is -2.09. The average molecular weight is 300 g/mol. The van der Waals surface area contributed by atoms with Crippen LogP contribution in [0.5, 0.6) is 5.75 Å². The second-order valence-corrected chi connectivity index (χ2v) is 4.95. The van der Waals surface area contributed by atoms with Crippen LogP contribution in [-0.2, 0) is 0 Å². The summed E-state index contributed by atoms with van der Waals surface area (Å²) < 4.78 is 18.4. The van der Waals surface area contributed by atoms with E-state index >= 15 is 0 Å². The van der Waals surface area contributed by atoms with Crippen LogP contribution < -0.4 is 10.2 Å². The Kier molecular flexibility index (Phi) is 5.25. The van der Waals surface area contributed by atoms with Crippen LogP contribution in [0.1, 0.15) is 29.8 Å². The summed E-state index contributed by atoms with van der Waals surface area (Å²) in [5.41, 5.74) is 3.54. The van der Waals surface area contributed by atoms with Crippen LogP contribution >= 0.6 is 0 Å². The minimum absolute atomic E-state index is 0.0883. The maximum absolute atomic E-state index is 12.8. The molecule has 0 saturated heterocycles. The van der Waals surface area contributed by atoms with Gasteiger partial charge in [-0.05, 0) is 55.8 Å². The molecule has 5 heteroatoms. The van der Waals surface area contributed by atoms with E-state index in [1.54, 1.807) is 0 Å². The molecule has 1 amide bonds. The van der Waals surface area contributed by atoms with E-state index in [4.69, 9.17) is 4.74 Å². The number of carbonyl (C=O) groups is 1. The molecular formula is C17H17FN2O2. The third-order valence-corrected chi connectivity index (χ3v) is 2.72. The summed E-state index contributed by atoms with van der Waals surface area (Å²) in [7, 11) is 0. The number of halogens is 1. The van der Waals surface area contributed by atoms with Gasteiger partial charge in [0.2, 0.25) is 0 Å². The molecule has 22 heavy (non-hydrogen) atoms. The van der Waals surface area contributed by atoms with E-state index in [-0.39, 0.29) is 11.9 Å². The molecule has 0 unspecified atom stereocenters. The Morgan fingerprint density at radius 3 is 2.64 bits per heavy atom. The Hall–Kier alpha value is -2.69. The molecule has 0 radical (unpaired) electrons. The lowest BCUT2D eigenvalue weighted by atomic mass is 10.2. The highest BCUT2D eigenvalue weighted by atomic mass is 19.1. The van der Waals surface area contributed by atoms with Gasteiger partial charge in [-0.15, -0.1) is 0 Å². The Balaban J connectivity index is 1.97. The molecule has 0 aliphatic rings. The molecule has 0 bridgehead atoms. The van der Waals surface area contributed by atoms with Gasteiger partial charge in [0.15, 0.2) is 0 Å². The van der Waals surface area contributed by atoms with Crippen LogP contribution in [0, 0.1) is 5.82 Å². The SMILES string of the molecule is CC(C)Oc1cccc(/C=N\NC(=O)c2ccc(F)cc2)c1. The fourth-order valence-corrected chi connectivity index (χ4v) is 1.77. The van der Waals surface area contributed by atoms with E-state index < -0.39 is 5.91 Å². The van der Waals surface area contributed by atoms with Crippen molar-refractivity contribution in [3.05, 3.63) is 65.5 Å². The minimum atomic E-state index is -0.397. The minimum Gasteiger partial charge on any atom is -0.491 e. The van der Waals surface area contributed by atoms with Crippen molar-refractivity contribution in [2.24, 2.45) is 5.10 Å². The summed E-state index contributed by atoms with van der Waals surface area (Å²) in [4.78, 5) is 11.8. The fraction of sp³-hybridized carbons (Fsp3) is 0.176. The molecule has 0 aliphatic carbocycles. The zero-order valence-corrected chi connectivity index (χ0v) is 12.4. The fourth-order valence-electron chi connectivity index (χ4n) is 1.77. The molecule has 2 aromatic rings. The molecule has 0 aliphatic heterocycles. The van der Waals surface area contributed by atoms with Crippen LogP contribution in [0.15, 0.2) is 53.6 Å². The highest BCUT2D eigenvalue weighted by Gasteiger charge is 2.03. The van der Waals surface area contributed by atoms with Crippen LogP contribution in [0.3, 0.4) is 0 Å². The molecule has 2 rings (SSSR count). The number of carbonyl (C=O) groups excluding carboxylic acids is 1. The highest BCUT2D eigenvalue weighted by Crippen LogP contribution is 2.13. The van der Waals surface area contributed by atoms with Gasteiger partial charge < -0.3 is 4.74 Å². The zero-order valence-electron chi connectivity index (χ0n) is 12.4. The number of ether oxygens (including phenoxy) is 1. The van der Waals surface area contributed by atoms with Gasteiger partial charge in [0.05, 0.1) is 12.3 Å². The maximum atomic E-state index is 12.8. The number of nitrogens with one attached hydrogen (secondary N) is 1. The number of rotatable bonds is 5. The van der Waals surface area contributed by atoms with E-state index in [1.165, 1.54) is 30.5 Å². The van der Waals surface area contributed by atoms with Crippen LogP contribution in [-0.4, -0.2) is 18.2 Å². The van der Waals surface area contributed by atoms with E-state index in [2.05, 4.69) is 10.5 Å². The molecular weight excluding hydrogens is 283 g/mol. The van der Waals surface area contributed by atoms with Gasteiger partial charge >= 0.3 is 0 Å². The van der Waals surface area contributed by atoms with Gasteiger partial charge in [-0.3, -0.25) is 4.79 Å². The number of benzene rings is 2. The molecule has 0 heterocycles. The first-order valence-corrected chi connectivity index (χ1v) is 6.90. The average Bonchev–Trinajstić information content (AvgIpc) is 2.47. The van der Waals surface area contributed by atoms with Gasteiger partial charge in [0, 0.05) is 5.56 Å². The van der Waals surface area contributed by atoms with Crippen LogP contribution in [0.2, 0.25) is 0 Å². The van der Waals surface area contributed by atoms with Crippen molar-refractivity contribution in [3.8, 4) is 5.75 Å². The monoisotopic (exact) mass is 300 g/mol. The van der Waals surface area contributed by atoms with Crippen LogP contribution in [0.25, 0.3) is 0 Å². The summed E-state index contributed by atoms with van der Waals surface area (Å²) in [6.07, 6.45) is 1.61.